The zero-order valence-electron chi connectivity index (χ0n) is 8.82. The largest absolute Gasteiger partial charge is 0.383 e. The van der Waals surface area contributed by atoms with Gasteiger partial charge in [0.05, 0.1) is 12.9 Å². The molecule has 86 valence electrons. The van der Waals surface area contributed by atoms with Gasteiger partial charge in [-0.25, -0.2) is 13.8 Å². The molecule has 0 amide bonds. The first-order chi connectivity index (χ1) is 8.11. The van der Waals surface area contributed by atoms with Crippen LogP contribution in [0.4, 0.5) is 14.6 Å². The Morgan fingerprint density at radius 2 is 1.94 bits per heavy atom. The number of nitrogen functional groups attached to an aromatic ring is 1. The highest BCUT2D eigenvalue weighted by Gasteiger charge is 2.11. The van der Waals surface area contributed by atoms with E-state index in [-0.39, 0.29) is 17.9 Å². The molecule has 0 aliphatic carbocycles. The Balaban J connectivity index is 2.50. The van der Waals surface area contributed by atoms with Crippen molar-refractivity contribution in [3.63, 3.8) is 0 Å². The summed E-state index contributed by atoms with van der Waals surface area (Å²) in [4.78, 5) is 4.00. The number of nitrogens with two attached hydrogens (primary N) is 1. The van der Waals surface area contributed by atoms with Crippen molar-refractivity contribution in [1.82, 2.24) is 9.55 Å². The van der Waals surface area contributed by atoms with Gasteiger partial charge in [0, 0.05) is 11.6 Å². The SMILES string of the molecule is C#CCn1cnc(-c2cc(F)cc(F)c2)c1N. The monoisotopic (exact) mass is 233 g/mol. The normalized spacial score (nSPS) is 10.2. The molecule has 1 aromatic heterocycles. The molecule has 0 atom stereocenters. The predicted octanol–water partition coefficient (Wildman–Crippen LogP) is 2.04. The molecule has 0 bridgehead atoms. The minimum atomic E-state index is -0.675. The van der Waals surface area contributed by atoms with Crippen LogP contribution >= 0.6 is 0 Å². The van der Waals surface area contributed by atoms with Gasteiger partial charge in [-0.3, -0.25) is 0 Å². The maximum atomic E-state index is 13.1. The van der Waals surface area contributed by atoms with Crippen LogP contribution in [0, 0.1) is 24.0 Å². The number of anilines is 1. The van der Waals surface area contributed by atoms with Crippen LogP contribution in [0.5, 0.6) is 0 Å². The number of hydrogen-bond donors (Lipinski definition) is 1. The van der Waals surface area contributed by atoms with Crippen LogP contribution in [0.1, 0.15) is 0 Å². The molecule has 2 rings (SSSR count). The third-order valence-corrected chi connectivity index (χ3v) is 2.28. The molecular formula is C12H9F2N3. The summed E-state index contributed by atoms with van der Waals surface area (Å²) < 4.78 is 27.6. The molecule has 1 heterocycles. The lowest BCUT2D eigenvalue weighted by atomic mass is 10.1. The van der Waals surface area contributed by atoms with Gasteiger partial charge in [0.25, 0.3) is 0 Å². The first-order valence-electron chi connectivity index (χ1n) is 4.82. The summed E-state index contributed by atoms with van der Waals surface area (Å²) in [5, 5.41) is 0. The minimum Gasteiger partial charge on any atom is -0.383 e. The number of imidazole rings is 1. The zero-order valence-corrected chi connectivity index (χ0v) is 8.82. The number of aromatic nitrogens is 2. The van der Waals surface area contributed by atoms with Crippen molar-refractivity contribution < 1.29 is 8.78 Å². The molecule has 0 saturated carbocycles. The highest BCUT2D eigenvalue weighted by atomic mass is 19.1. The lowest BCUT2D eigenvalue weighted by molar-refractivity contribution is 0.584. The summed E-state index contributed by atoms with van der Waals surface area (Å²) in [7, 11) is 0. The first kappa shape index (κ1) is 11.1. The van der Waals surface area contributed by atoms with Crippen LogP contribution in [0.25, 0.3) is 11.3 Å². The number of rotatable bonds is 2. The summed E-state index contributed by atoms with van der Waals surface area (Å²) >= 11 is 0. The maximum Gasteiger partial charge on any atom is 0.132 e. The molecule has 0 spiro atoms. The Labute approximate surface area is 96.9 Å². The number of hydrogen-bond acceptors (Lipinski definition) is 2. The van der Waals surface area contributed by atoms with Gasteiger partial charge in [-0.2, -0.15) is 0 Å². The van der Waals surface area contributed by atoms with Gasteiger partial charge in [-0.1, -0.05) is 5.92 Å². The Morgan fingerprint density at radius 3 is 2.53 bits per heavy atom. The predicted molar refractivity (Wildman–Crippen MR) is 60.8 cm³/mol. The van der Waals surface area contributed by atoms with Crippen LogP contribution in [-0.2, 0) is 6.54 Å². The van der Waals surface area contributed by atoms with E-state index in [1.165, 1.54) is 23.0 Å². The quantitative estimate of drug-likeness (QED) is 0.807. The second kappa shape index (κ2) is 4.26. The van der Waals surface area contributed by atoms with Crippen LogP contribution in [0.15, 0.2) is 24.5 Å². The van der Waals surface area contributed by atoms with Crippen molar-refractivity contribution in [2.24, 2.45) is 0 Å². The standard InChI is InChI=1S/C12H9F2N3/c1-2-3-17-7-16-11(12(17)15)8-4-9(13)6-10(14)5-8/h1,4-7H,3,15H2. The molecule has 2 N–H and O–H groups in total. The third-order valence-electron chi connectivity index (χ3n) is 2.28. The highest BCUT2D eigenvalue weighted by molar-refractivity contribution is 5.70. The van der Waals surface area contributed by atoms with Crippen molar-refractivity contribution in [2.75, 3.05) is 5.73 Å². The van der Waals surface area contributed by atoms with Gasteiger partial charge in [0.2, 0.25) is 0 Å². The van der Waals surface area contributed by atoms with Crippen molar-refractivity contribution in [3.05, 3.63) is 36.2 Å². The van der Waals surface area contributed by atoms with E-state index < -0.39 is 11.6 Å². The highest BCUT2D eigenvalue weighted by Crippen LogP contribution is 2.25. The fourth-order valence-electron chi connectivity index (χ4n) is 1.53. The number of nitrogens with zero attached hydrogens (tertiary/aromatic N) is 2. The molecule has 1 aromatic carbocycles. The van der Waals surface area contributed by atoms with Crippen LogP contribution in [0.2, 0.25) is 0 Å². The van der Waals surface area contributed by atoms with Gasteiger partial charge in [0.1, 0.15) is 23.1 Å². The van der Waals surface area contributed by atoms with E-state index in [0.29, 0.717) is 5.69 Å². The number of benzene rings is 1. The first-order valence-corrected chi connectivity index (χ1v) is 4.82. The zero-order chi connectivity index (χ0) is 12.4. The van der Waals surface area contributed by atoms with Crippen molar-refractivity contribution in [2.45, 2.75) is 6.54 Å². The average Bonchev–Trinajstić information content (AvgIpc) is 2.60. The second-order valence-corrected chi connectivity index (χ2v) is 3.47. The Kier molecular flexibility index (Phi) is 2.79. The van der Waals surface area contributed by atoms with Crippen LogP contribution in [0.3, 0.4) is 0 Å². The van der Waals surface area contributed by atoms with Gasteiger partial charge in [-0.15, -0.1) is 6.42 Å². The molecule has 0 aliphatic rings. The molecule has 0 unspecified atom stereocenters. The van der Waals surface area contributed by atoms with E-state index >= 15 is 0 Å². The van der Waals surface area contributed by atoms with Crippen LogP contribution in [-0.4, -0.2) is 9.55 Å². The fourth-order valence-corrected chi connectivity index (χ4v) is 1.53. The van der Waals surface area contributed by atoms with E-state index in [2.05, 4.69) is 10.9 Å². The molecule has 5 heteroatoms. The lowest BCUT2D eigenvalue weighted by Crippen LogP contribution is -2.00. The molecule has 0 saturated heterocycles. The lowest BCUT2D eigenvalue weighted by Gasteiger charge is -2.02. The van der Waals surface area contributed by atoms with Gasteiger partial charge < -0.3 is 10.3 Å². The van der Waals surface area contributed by atoms with Crippen molar-refractivity contribution in [3.8, 4) is 23.6 Å². The topological polar surface area (TPSA) is 43.8 Å². The molecule has 0 aliphatic heterocycles. The van der Waals surface area contributed by atoms with Crippen molar-refractivity contribution >= 4 is 5.82 Å². The summed E-state index contributed by atoms with van der Waals surface area (Å²) in [6.45, 7) is 0.261. The molecule has 0 radical (unpaired) electrons. The van der Waals surface area contributed by atoms with E-state index in [1.807, 2.05) is 0 Å². The van der Waals surface area contributed by atoms with Crippen molar-refractivity contribution in [1.29, 1.82) is 0 Å². The third kappa shape index (κ3) is 2.11. The maximum absolute atomic E-state index is 13.1. The van der Waals surface area contributed by atoms with E-state index in [0.717, 1.165) is 6.07 Å². The Hall–Kier alpha value is -2.35. The molecule has 2 aromatic rings. The van der Waals surface area contributed by atoms with E-state index in [1.54, 1.807) is 0 Å². The molecule has 0 fully saturated rings. The van der Waals surface area contributed by atoms with E-state index in [9.17, 15) is 8.78 Å². The summed E-state index contributed by atoms with van der Waals surface area (Å²) in [5.74, 6) is 1.34. The minimum absolute atomic E-state index is 0.261. The molecule has 17 heavy (non-hydrogen) atoms. The fraction of sp³-hybridized carbons (Fsp3) is 0.0833. The summed E-state index contributed by atoms with van der Waals surface area (Å²) in [6.07, 6.45) is 6.59. The van der Waals surface area contributed by atoms with E-state index in [4.69, 9.17) is 12.2 Å². The second-order valence-electron chi connectivity index (χ2n) is 3.47. The Morgan fingerprint density at radius 1 is 1.29 bits per heavy atom. The van der Waals surface area contributed by atoms with Gasteiger partial charge in [-0.05, 0) is 12.1 Å². The molecule has 3 nitrogen and oxygen atoms in total. The molecular weight excluding hydrogens is 224 g/mol. The average molecular weight is 233 g/mol. The summed E-state index contributed by atoms with van der Waals surface area (Å²) in [5.41, 5.74) is 6.39. The number of halogens is 2. The summed E-state index contributed by atoms with van der Waals surface area (Å²) in [6, 6.07) is 3.13. The van der Waals surface area contributed by atoms with Gasteiger partial charge in [0.15, 0.2) is 0 Å². The van der Waals surface area contributed by atoms with Gasteiger partial charge >= 0.3 is 0 Å². The smallest absolute Gasteiger partial charge is 0.132 e. The van der Waals surface area contributed by atoms with Crippen LogP contribution < -0.4 is 5.73 Å². The number of terminal acetylenes is 1. The Bertz CT molecular complexity index is 576.